The van der Waals surface area contributed by atoms with Gasteiger partial charge in [0.1, 0.15) is 23.6 Å². The van der Waals surface area contributed by atoms with Crippen LogP contribution in [0.2, 0.25) is 5.02 Å². The molecule has 5 heteroatoms. The number of fused-ring (bicyclic) bond motifs is 1. The second-order valence-corrected chi connectivity index (χ2v) is 5.83. The lowest BCUT2D eigenvalue weighted by Crippen LogP contribution is -1.96. The molecule has 4 aromatic rings. The Kier molecular flexibility index (Phi) is 4.19. The topological polar surface area (TPSA) is 47.0 Å². The zero-order valence-electron chi connectivity index (χ0n) is 13.2. The monoisotopic (exact) mass is 347 g/mol. The first-order valence-corrected chi connectivity index (χ1v) is 8.16. The fourth-order valence-corrected chi connectivity index (χ4v) is 2.79. The molecule has 0 atom stereocenters. The van der Waals surface area contributed by atoms with E-state index in [9.17, 15) is 0 Å². The van der Waals surface area contributed by atoms with Crippen molar-refractivity contribution in [2.45, 2.75) is 0 Å². The highest BCUT2D eigenvalue weighted by Gasteiger charge is 2.08. The number of hydrogen-bond donors (Lipinski definition) is 1. The smallest absolute Gasteiger partial charge is 0.143 e. The quantitative estimate of drug-likeness (QED) is 0.505. The maximum atomic E-state index is 6.30. The third-order valence-electron chi connectivity index (χ3n) is 3.71. The molecule has 4 rings (SSSR count). The highest BCUT2D eigenvalue weighted by atomic mass is 35.5. The molecule has 0 aliphatic rings. The molecule has 0 bridgehead atoms. The molecule has 122 valence electrons. The van der Waals surface area contributed by atoms with Crippen molar-refractivity contribution >= 4 is 34.0 Å². The molecular weight excluding hydrogens is 334 g/mol. The highest BCUT2D eigenvalue weighted by Crippen LogP contribution is 2.30. The highest BCUT2D eigenvalue weighted by molar-refractivity contribution is 6.36. The van der Waals surface area contributed by atoms with E-state index < -0.39 is 0 Å². The minimum Gasteiger partial charge on any atom is -0.457 e. The first kappa shape index (κ1) is 15.4. The fourth-order valence-electron chi connectivity index (χ4n) is 2.53. The van der Waals surface area contributed by atoms with Crippen LogP contribution in [0.1, 0.15) is 0 Å². The van der Waals surface area contributed by atoms with Crippen molar-refractivity contribution in [3.05, 3.63) is 84.1 Å². The van der Waals surface area contributed by atoms with Crippen LogP contribution in [0.15, 0.2) is 79.1 Å². The van der Waals surface area contributed by atoms with Gasteiger partial charge in [0.2, 0.25) is 0 Å². The van der Waals surface area contributed by atoms with E-state index >= 15 is 0 Å². The normalized spacial score (nSPS) is 10.6. The van der Waals surface area contributed by atoms with E-state index in [0.29, 0.717) is 10.8 Å². The molecule has 1 aromatic heterocycles. The van der Waals surface area contributed by atoms with E-state index in [1.807, 2.05) is 72.8 Å². The Bertz CT molecular complexity index is 999. The number of hydrogen-bond acceptors (Lipinski definition) is 4. The lowest BCUT2D eigenvalue weighted by Gasteiger charge is -2.10. The number of halogens is 1. The predicted molar refractivity (Wildman–Crippen MR) is 101 cm³/mol. The second-order valence-electron chi connectivity index (χ2n) is 5.42. The zero-order chi connectivity index (χ0) is 17.1. The maximum absolute atomic E-state index is 6.30. The first-order valence-electron chi connectivity index (χ1n) is 7.79. The number of benzene rings is 3. The molecule has 1 heterocycles. The van der Waals surface area contributed by atoms with Crippen LogP contribution >= 0.6 is 11.6 Å². The van der Waals surface area contributed by atoms with Crippen molar-refractivity contribution < 1.29 is 4.74 Å². The summed E-state index contributed by atoms with van der Waals surface area (Å²) in [7, 11) is 0. The molecule has 0 saturated heterocycles. The summed E-state index contributed by atoms with van der Waals surface area (Å²) < 4.78 is 5.80. The molecule has 0 amide bonds. The summed E-state index contributed by atoms with van der Waals surface area (Å²) in [4.78, 5) is 8.56. The SMILES string of the molecule is Clc1cccc2ncnc(Nc3ccc(Oc4ccccc4)cc3)c12. The Labute approximate surface area is 150 Å². The summed E-state index contributed by atoms with van der Waals surface area (Å²) in [6.07, 6.45) is 1.52. The Morgan fingerprint density at radius 1 is 0.760 bits per heavy atom. The van der Waals surface area contributed by atoms with Crippen LogP contribution in [0, 0.1) is 0 Å². The summed E-state index contributed by atoms with van der Waals surface area (Å²) in [6, 6.07) is 23.0. The van der Waals surface area contributed by atoms with Crippen LogP contribution < -0.4 is 10.1 Å². The standard InChI is InChI=1S/C20H14ClN3O/c21-17-7-4-8-18-19(17)20(23-13-22-18)24-14-9-11-16(12-10-14)25-15-5-2-1-3-6-15/h1-13H,(H,22,23,24). The maximum Gasteiger partial charge on any atom is 0.143 e. The van der Waals surface area contributed by atoms with Crippen molar-refractivity contribution in [1.82, 2.24) is 9.97 Å². The third-order valence-corrected chi connectivity index (χ3v) is 4.02. The number of anilines is 2. The molecule has 0 fully saturated rings. The van der Waals surface area contributed by atoms with Crippen molar-refractivity contribution in [1.29, 1.82) is 0 Å². The van der Waals surface area contributed by atoms with Gasteiger partial charge in [-0.2, -0.15) is 0 Å². The Morgan fingerprint density at radius 3 is 2.32 bits per heavy atom. The van der Waals surface area contributed by atoms with Gasteiger partial charge in [0.25, 0.3) is 0 Å². The van der Waals surface area contributed by atoms with Gasteiger partial charge >= 0.3 is 0 Å². The Balaban J connectivity index is 1.58. The van der Waals surface area contributed by atoms with E-state index in [4.69, 9.17) is 16.3 Å². The van der Waals surface area contributed by atoms with Crippen molar-refractivity contribution in [2.75, 3.05) is 5.32 Å². The second kappa shape index (κ2) is 6.79. The largest absolute Gasteiger partial charge is 0.457 e. The Morgan fingerprint density at radius 2 is 1.52 bits per heavy atom. The summed E-state index contributed by atoms with van der Waals surface area (Å²) >= 11 is 6.30. The number of nitrogens with zero attached hydrogens (tertiary/aromatic N) is 2. The average molecular weight is 348 g/mol. The summed E-state index contributed by atoms with van der Waals surface area (Å²) in [5.41, 5.74) is 1.69. The Hall–Kier alpha value is -3.11. The number of ether oxygens (including phenoxy) is 1. The third kappa shape index (κ3) is 3.39. The van der Waals surface area contributed by atoms with Gasteiger partial charge in [0.15, 0.2) is 0 Å². The van der Waals surface area contributed by atoms with Crippen LogP contribution in [0.5, 0.6) is 11.5 Å². The summed E-state index contributed by atoms with van der Waals surface area (Å²) in [5, 5.41) is 4.71. The molecule has 1 N–H and O–H groups in total. The molecule has 0 unspecified atom stereocenters. The molecule has 0 spiro atoms. The molecule has 4 nitrogen and oxygen atoms in total. The lowest BCUT2D eigenvalue weighted by atomic mass is 10.2. The molecule has 0 radical (unpaired) electrons. The van der Waals surface area contributed by atoms with Gasteiger partial charge in [0.05, 0.1) is 15.9 Å². The van der Waals surface area contributed by atoms with Gasteiger partial charge in [-0.15, -0.1) is 0 Å². The van der Waals surface area contributed by atoms with E-state index in [2.05, 4.69) is 15.3 Å². The number of nitrogens with one attached hydrogen (secondary N) is 1. The first-order chi connectivity index (χ1) is 12.3. The van der Waals surface area contributed by atoms with Gasteiger partial charge in [-0.05, 0) is 48.5 Å². The predicted octanol–water partition coefficient (Wildman–Crippen LogP) is 5.82. The number of para-hydroxylation sites is 1. The van der Waals surface area contributed by atoms with Crippen LogP contribution in [-0.4, -0.2) is 9.97 Å². The number of rotatable bonds is 4. The van der Waals surface area contributed by atoms with Crippen LogP contribution in [-0.2, 0) is 0 Å². The van der Waals surface area contributed by atoms with E-state index in [-0.39, 0.29) is 0 Å². The van der Waals surface area contributed by atoms with Crippen molar-refractivity contribution in [3.8, 4) is 11.5 Å². The van der Waals surface area contributed by atoms with Crippen molar-refractivity contribution in [3.63, 3.8) is 0 Å². The van der Waals surface area contributed by atoms with Gasteiger partial charge in [0, 0.05) is 5.69 Å². The van der Waals surface area contributed by atoms with E-state index in [0.717, 1.165) is 28.1 Å². The summed E-state index contributed by atoms with van der Waals surface area (Å²) in [5.74, 6) is 2.24. The zero-order valence-corrected chi connectivity index (χ0v) is 13.9. The van der Waals surface area contributed by atoms with Crippen LogP contribution in [0.4, 0.5) is 11.5 Å². The number of aromatic nitrogens is 2. The molecule has 3 aromatic carbocycles. The molecule has 25 heavy (non-hydrogen) atoms. The fraction of sp³-hybridized carbons (Fsp3) is 0. The van der Waals surface area contributed by atoms with Gasteiger partial charge in [-0.3, -0.25) is 0 Å². The van der Waals surface area contributed by atoms with Crippen LogP contribution in [0.3, 0.4) is 0 Å². The molecule has 0 aliphatic heterocycles. The van der Waals surface area contributed by atoms with Gasteiger partial charge in [-0.1, -0.05) is 35.9 Å². The van der Waals surface area contributed by atoms with E-state index in [1.165, 1.54) is 6.33 Å². The molecular formula is C20H14ClN3O. The van der Waals surface area contributed by atoms with Crippen molar-refractivity contribution in [2.24, 2.45) is 0 Å². The minimum atomic E-state index is 0.615. The summed E-state index contributed by atoms with van der Waals surface area (Å²) in [6.45, 7) is 0. The van der Waals surface area contributed by atoms with Crippen LogP contribution in [0.25, 0.3) is 10.9 Å². The van der Waals surface area contributed by atoms with Gasteiger partial charge in [-0.25, -0.2) is 9.97 Å². The minimum absolute atomic E-state index is 0.615. The average Bonchev–Trinajstić information content (AvgIpc) is 2.65. The van der Waals surface area contributed by atoms with E-state index in [1.54, 1.807) is 0 Å². The molecule has 0 aliphatic carbocycles. The lowest BCUT2D eigenvalue weighted by molar-refractivity contribution is 0.483. The van der Waals surface area contributed by atoms with Gasteiger partial charge < -0.3 is 10.1 Å². The molecule has 0 saturated carbocycles.